The summed E-state index contributed by atoms with van der Waals surface area (Å²) in [7, 11) is -3.36. The molecule has 1 saturated carbocycles. The molecule has 0 atom stereocenters. The van der Waals surface area contributed by atoms with Gasteiger partial charge < -0.3 is 4.90 Å². The Morgan fingerprint density at radius 3 is 2.52 bits per heavy atom. The topological polar surface area (TPSA) is 57.7 Å². The van der Waals surface area contributed by atoms with Gasteiger partial charge in [0.05, 0.1) is 12.8 Å². The second-order valence-electron chi connectivity index (χ2n) is 6.58. The highest BCUT2D eigenvalue weighted by atomic mass is 32.2. The zero-order valence-corrected chi connectivity index (χ0v) is 14.4. The lowest BCUT2D eigenvalue weighted by atomic mass is 10.00. The smallest absolute Gasteiger partial charge is 0.238 e. The minimum atomic E-state index is -3.36. The van der Waals surface area contributed by atoms with E-state index in [1.165, 1.54) is 21.7 Å². The largest absolute Gasteiger partial charge is 0.337 e. The third kappa shape index (κ3) is 3.75. The van der Waals surface area contributed by atoms with Crippen molar-refractivity contribution in [3.63, 3.8) is 0 Å². The van der Waals surface area contributed by atoms with Gasteiger partial charge in [-0.3, -0.25) is 4.79 Å². The van der Waals surface area contributed by atoms with Gasteiger partial charge in [-0.1, -0.05) is 37.1 Å². The molecule has 23 heavy (non-hydrogen) atoms. The van der Waals surface area contributed by atoms with E-state index in [0.717, 1.165) is 32.1 Å². The predicted octanol–water partition coefficient (Wildman–Crippen LogP) is 1.78. The van der Waals surface area contributed by atoms with Crippen molar-refractivity contribution in [2.24, 2.45) is 0 Å². The molecule has 5 nitrogen and oxygen atoms in total. The van der Waals surface area contributed by atoms with E-state index in [1.54, 1.807) is 4.90 Å². The molecular weight excluding hydrogens is 312 g/mol. The Balaban J connectivity index is 1.70. The number of amides is 1. The number of carbonyl (C=O) groups excluding carboxylic acids is 1. The van der Waals surface area contributed by atoms with Crippen LogP contribution < -0.4 is 0 Å². The third-order valence-electron chi connectivity index (χ3n) is 4.93. The van der Waals surface area contributed by atoms with Gasteiger partial charge in [-0.25, -0.2) is 8.42 Å². The highest BCUT2D eigenvalue weighted by molar-refractivity contribution is 7.88. The fourth-order valence-electron chi connectivity index (χ4n) is 3.65. The predicted molar refractivity (Wildman–Crippen MR) is 89.4 cm³/mol. The molecule has 1 aromatic carbocycles. The second kappa shape index (κ2) is 6.61. The minimum Gasteiger partial charge on any atom is -0.337 e. The zero-order valence-electron chi connectivity index (χ0n) is 13.6. The number of sulfonamides is 1. The Hall–Kier alpha value is -1.40. The highest BCUT2D eigenvalue weighted by Gasteiger charge is 2.32. The number of nitrogens with zero attached hydrogens (tertiary/aromatic N) is 2. The molecule has 0 radical (unpaired) electrons. The van der Waals surface area contributed by atoms with Gasteiger partial charge in [0.1, 0.15) is 0 Å². The summed E-state index contributed by atoms with van der Waals surface area (Å²) in [4.78, 5) is 14.4. The average Bonchev–Trinajstić information content (AvgIpc) is 3.04. The van der Waals surface area contributed by atoms with E-state index < -0.39 is 10.0 Å². The van der Waals surface area contributed by atoms with Crippen LogP contribution in [0.25, 0.3) is 0 Å². The van der Waals surface area contributed by atoms with E-state index in [9.17, 15) is 13.2 Å². The first-order chi connectivity index (χ1) is 10.9. The minimum absolute atomic E-state index is 0.00831. The summed E-state index contributed by atoms with van der Waals surface area (Å²) in [6.07, 6.45) is 5.87. The summed E-state index contributed by atoms with van der Waals surface area (Å²) < 4.78 is 25.6. The molecule has 0 aromatic heterocycles. The number of rotatable bonds is 4. The molecule has 1 aromatic rings. The van der Waals surface area contributed by atoms with Gasteiger partial charge in [0.25, 0.3) is 0 Å². The lowest BCUT2D eigenvalue weighted by Crippen LogP contribution is -2.47. The molecule has 3 rings (SSSR count). The molecule has 0 bridgehead atoms. The van der Waals surface area contributed by atoms with Gasteiger partial charge in [0, 0.05) is 19.1 Å². The first-order valence-electron chi connectivity index (χ1n) is 8.26. The summed E-state index contributed by atoms with van der Waals surface area (Å²) >= 11 is 0. The molecule has 1 fully saturated rings. The van der Waals surface area contributed by atoms with Crippen LogP contribution in [0.2, 0.25) is 0 Å². The fraction of sp³-hybridized carbons (Fsp3) is 0.588. The van der Waals surface area contributed by atoms with Gasteiger partial charge in [-0.15, -0.1) is 0 Å². The molecule has 1 amide bonds. The molecule has 0 saturated heterocycles. The Kier molecular flexibility index (Phi) is 4.73. The summed E-state index contributed by atoms with van der Waals surface area (Å²) in [5, 5.41) is 0. The lowest BCUT2D eigenvalue weighted by molar-refractivity contribution is -0.132. The van der Waals surface area contributed by atoms with Gasteiger partial charge >= 0.3 is 0 Å². The molecule has 0 spiro atoms. The van der Waals surface area contributed by atoms with Crippen molar-refractivity contribution < 1.29 is 13.2 Å². The number of fused-ring (bicyclic) bond motifs is 1. The normalized spacial score (nSPS) is 19.1. The van der Waals surface area contributed by atoms with Crippen molar-refractivity contribution in [1.82, 2.24) is 9.21 Å². The number of hydrogen-bond acceptors (Lipinski definition) is 3. The molecule has 0 N–H and O–H groups in total. The molecule has 1 aliphatic heterocycles. The first-order valence-corrected chi connectivity index (χ1v) is 10.1. The lowest BCUT2D eigenvalue weighted by Gasteiger charge is -2.32. The SMILES string of the molecule is CS(=O)(=O)N(CC(=O)N1CCc2ccccc2C1)C1CCCC1. The number of hydrogen-bond donors (Lipinski definition) is 0. The van der Waals surface area contributed by atoms with Gasteiger partial charge in [0.15, 0.2) is 0 Å². The summed E-state index contributed by atoms with van der Waals surface area (Å²) in [6.45, 7) is 1.22. The van der Waals surface area contributed by atoms with E-state index in [2.05, 4.69) is 6.07 Å². The first kappa shape index (κ1) is 16.5. The molecule has 126 valence electrons. The van der Waals surface area contributed by atoms with E-state index in [0.29, 0.717) is 13.1 Å². The summed E-state index contributed by atoms with van der Waals surface area (Å²) in [5.74, 6) is -0.0863. The molecule has 2 aliphatic rings. The summed E-state index contributed by atoms with van der Waals surface area (Å²) in [6, 6.07) is 8.13. The second-order valence-corrected chi connectivity index (χ2v) is 8.52. The van der Waals surface area contributed by atoms with Crippen LogP contribution in [-0.4, -0.2) is 48.9 Å². The molecule has 6 heteroatoms. The highest BCUT2D eigenvalue weighted by Crippen LogP contribution is 2.26. The van der Waals surface area contributed by atoms with Crippen LogP contribution in [0.5, 0.6) is 0 Å². The molecular formula is C17H24N2O3S. The van der Waals surface area contributed by atoms with Crippen molar-refractivity contribution in [1.29, 1.82) is 0 Å². The third-order valence-corrected chi connectivity index (χ3v) is 6.21. The van der Waals surface area contributed by atoms with E-state index in [1.807, 2.05) is 18.2 Å². The van der Waals surface area contributed by atoms with Crippen molar-refractivity contribution in [2.45, 2.75) is 44.7 Å². The summed E-state index contributed by atoms with van der Waals surface area (Å²) in [5.41, 5.74) is 2.45. The molecule has 1 aliphatic carbocycles. The zero-order chi connectivity index (χ0) is 16.4. The average molecular weight is 336 g/mol. The monoisotopic (exact) mass is 336 g/mol. The van der Waals surface area contributed by atoms with E-state index >= 15 is 0 Å². The maximum atomic E-state index is 12.6. The van der Waals surface area contributed by atoms with E-state index in [4.69, 9.17) is 0 Å². The van der Waals surface area contributed by atoms with Crippen molar-refractivity contribution in [3.8, 4) is 0 Å². The number of carbonyl (C=O) groups is 1. The van der Waals surface area contributed by atoms with E-state index in [-0.39, 0.29) is 18.5 Å². The van der Waals surface area contributed by atoms with Crippen molar-refractivity contribution in [2.75, 3.05) is 19.3 Å². The Labute approximate surface area is 138 Å². The Morgan fingerprint density at radius 1 is 1.22 bits per heavy atom. The van der Waals surface area contributed by atoms with Crippen LogP contribution in [0, 0.1) is 0 Å². The van der Waals surface area contributed by atoms with Gasteiger partial charge in [0.2, 0.25) is 15.9 Å². The maximum Gasteiger partial charge on any atom is 0.238 e. The standard InChI is InChI=1S/C17H24N2O3S/c1-23(21,22)19(16-8-4-5-9-16)13-17(20)18-11-10-14-6-2-3-7-15(14)12-18/h2-3,6-7,16H,4-5,8-13H2,1H3. The molecule has 0 unspecified atom stereocenters. The quantitative estimate of drug-likeness (QED) is 0.842. The van der Waals surface area contributed by atoms with Crippen LogP contribution in [0.15, 0.2) is 24.3 Å². The van der Waals surface area contributed by atoms with Crippen LogP contribution in [0.4, 0.5) is 0 Å². The van der Waals surface area contributed by atoms with Crippen LogP contribution >= 0.6 is 0 Å². The van der Waals surface area contributed by atoms with Crippen molar-refractivity contribution >= 4 is 15.9 Å². The van der Waals surface area contributed by atoms with Crippen LogP contribution in [0.1, 0.15) is 36.8 Å². The van der Waals surface area contributed by atoms with Gasteiger partial charge in [-0.2, -0.15) is 4.31 Å². The fourth-order valence-corrected chi connectivity index (χ4v) is 4.75. The maximum absolute atomic E-state index is 12.6. The number of benzene rings is 1. The van der Waals surface area contributed by atoms with Gasteiger partial charge in [-0.05, 0) is 30.4 Å². The van der Waals surface area contributed by atoms with Crippen LogP contribution in [0.3, 0.4) is 0 Å². The van der Waals surface area contributed by atoms with Crippen LogP contribution in [-0.2, 0) is 27.8 Å². The van der Waals surface area contributed by atoms with Crippen molar-refractivity contribution in [3.05, 3.63) is 35.4 Å². The molecule has 1 heterocycles. The Bertz CT molecular complexity index is 681. The Morgan fingerprint density at radius 2 is 1.87 bits per heavy atom.